The number of methoxy groups -OCH3 is 1. The molecule has 31 heavy (non-hydrogen) atoms. The lowest BCUT2D eigenvalue weighted by Gasteiger charge is -2.13. The van der Waals surface area contributed by atoms with Gasteiger partial charge in [0.2, 0.25) is 0 Å². The van der Waals surface area contributed by atoms with Crippen molar-refractivity contribution in [3.05, 3.63) is 42.0 Å². The van der Waals surface area contributed by atoms with E-state index in [9.17, 15) is 0 Å². The Kier molecular flexibility index (Phi) is 6.74. The third-order valence-electron chi connectivity index (χ3n) is 4.81. The first kappa shape index (κ1) is 21.6. The molecule has 0 atom stereocenters. The third-order valence-corrected chi connectivity index (χ3v) is 6.77. The normalized spacial score (nSPS) is 11.5. The molecule has 162 valence electrons. The molecule has 9 heteroatoms. The second kappa shape index (κ2) is 9.67. The number of nitrogen functional groups attached to an aromatic ring is 1. The number of fused-ring (bicyclic) bond motifs is 1. The van der Waals surface area contributed by atoms with Crippen LogP contribution in [-0.2, 0) is 6.54 Å². The van der Waals surface area contributed by atoms with E-state index in [1.807, 2.05) is 6.07 Å². The lowest BCUT2D eigenvalue weighted by atomic mass is 10.2. The molecule has 0 amide bonds. The number of nitrogens with zero attached hydrogens (tertiary/aromatic N) is 4. The monoisotopic (exact) mass is 454 g/mol. The minimum atomic E-state index is 0.398. The fourth-order valence-electron chi connectivity index (χ4n) is 3.29. The first-order chi connectivity index (χ1) is 15.1. The van der Waals surface area contributed by atoms with Crippen LogP contribution >= 0.6 is 23.1 Å². The van der Waals surface area contributed by atoms with Gasteiger partial charge in [0.15, 0.2) is 22.1 Å². The SMILES string of the molecule is COc1ccc(-c2cccs2)c(Sc2nc3c(N)ncnc3n2CCCNC(C)C)c1. The zero-order valence-corrected chi connectivity index (χ0v) is 19.5. The number of rotatable bonds is 9. The number of nitrogens with one attached hydrogen (secondary N) is 1. The summed E-state index contributed by atoms with van der Waals surface area (Å²) in [5.41, 5.74) is 8.67. The lowest BCUT2D eigenvalue weighted by Crippen LogP contribution is -2.24. The van der Waals surface area contributed by atoms with Crippen molar-refractivity contribution < 1.29 is 4.74 Å². The summed E-state index contributed by atoms with van der Waals surface area (Å²) in [6.45, 7) is 6.00. The van der Waals surface area contributed by atoms with Gasteiger partial charge in [0, 0.05) is 27.9 Å². The van der Waals surface area contributed by atoms with Gasteiger partial charge in [0.1, 0.15) is 12.1 Å². The van der Waals surface area contributed by atoms with Crippen LogP contribution in [0.1, 0.15) is 20.3 Å². The molecule has 0 aliphatic carbocycles. The zero-order valence-electron chi connectivity index (χ0n) is 17.8. The van der Waals surface area contributed by atoms with E-state index < -0.39 is 0 Å². The second-order valence-electron chi connectivity index (χ2n) is 7.38. The van der Waals surface area contributed by atoms with Crippen LogP contribution in [0.25, 0.3) is 21.6 Å². The number of nitrogens with two attached hydrogens (primary N) is 1. The maximum absolute atomic E-state index is 6.11. The third kappa shape index (κ3) is 4.84. The smallest absolute Gasteiger partial charge is 0.175 e. The number of hydrogen-bond donors (Lipinski definition) is 2. The summed E-state index contributed by atoms with van der Waals surface area (Å²) in [6, 6.07) is 10.8. The topological polar surface area (TPSA) is 90.9 Å². The molecule has 0 unspecified atom stereocenters. The Hall–Kier alpha value is -2.62. The summed E-state index contributed by atoms with van der Waals surface area (Å²) < 4.78 is 7.62. The van der Waals surface area contributed by atoms with Crippen LogP contribution in [0.5, 0.6) is 5.75 Å². The Morgan fingerprint density at radius 1 is 1.26 bits per heavy atom. The average molecular weight is 455 g/mol. The van der Waals surface area contributed by atoms with Crippen LogP contribution < -0.4 is 15.8 Å². The molecule has 0 fully saturated rings. The maximum Gasteiger partial charge on any atom is 0.175 e. The molecule has 0 saturated carbocycles. The van der Waals surface area contributed by atoms with E-state index in [1.165, 1.54) is 11.2 Å². The van der Waals surface area contributed by atoms with Crippen molar-refractivity contribution >= 4 is 40.1 Å². The Bertz CT molecular complexity index is 1160. The van der Waals surface area contributed by atoms with Crippen LogP contribution in [0, 0.1) is 0 Å². The molecule has 4 aromatic rings. The number of aryl methyl sites for hydroxylation is 1. The second-order valence-corrected chi connectivity index (χ2v) is 9.34. The number of anilines is 1. The van der Waals surface area contributed by atoms with Crippen LogP contribution in [0.3, 0.4) is 0 Å². The molecule has 4 rings (SSSR count). The minimum Gasteiger partial charge on any atom is -0.497 e. The standard InChI is InChI=1S/C22H26N6OS2/c1-14(2)24-9-5-10-28-21-19(20(23)25-13-26-21)27-22(28)31-18-12-15(29-3)7-8-16(18)17-6-4-11-30-17/h4,6-8,11-14,24H,5,9-10H2,1-3H3,(H2,23,25,26). The molecule has 7 nitrogen and oxygen atoms in total. The summed E-state index contributed by atoms with van der Waals surface area (Å²) in [5.74, 6) is 1.21. The van der Waals surface area contributed by atoms with Crippen LogP contribution in [-0.4, -0.2) is 39.2 Å². The van der Waals surface area contributed by atoms with E-state index in [2.05, 4.69) is 63.3 Å². The van der Waals surface area contributed by atoms with Crippen LogP contribution in [0.15, 0.2) is 52.1 Å². The zero-order chi connectivity index (χ0) is 21.8. The van der Waals surface area contributed by atoms with Gasteiger partial charge >= 0.3 is 0 Å². The van der Waals surface area contributed by atoms with Crippen molar-refractivity contribution in [1.29, 1.82) is 0 Å². The van der Waals surface area contributed by atoms with Gasteiger partial charge in [0.25, 0.3) is 0 Å². The molecule has 3 N–H and O–H groups in total. The van der Waals surface area contributed by atoms with Crippen LogP contribution in [0.2, 0.25) is 0 Å². The number of imidazole rings is 1. The molecule has 0 bridgehead atoms. The molecular formula is C22H26N6OS2. The van der Waals surface area contributed by atoms with Crippen molar-refractivity contribution in [2.75, 3.05) is 19.4 Å². The Balaban J connectivity index is 1.73. The molecule has 0 spiro atoms. The quantitative estimate of drug-likeness (QED) is 0.355. The predicted molar refractivity (Wildman–Crippen MR) is 128 cm³/mol. The first-order valence-electron chi connectivity index (χ1n) is 10.2. The molecule has 1 aromatic carbocycles. The summed E-state index contributed by atoms with van der Waals surface area (Å²) in [7, 11) is 1.68. The highest BCUT2D eigenvalue weighted by molar-refractivity contribution is 7.99. The molecule has 3 aromatic heterocycles. The van der Waals surface area contributed by atoms with E-state index in [-0.39, 0.29) is 0 Å². The number of hydrogen-bond acceptors (Lipinski definition) is 8. The van der Waals surface area contributed by atoms with Crippen molar-refractivity contribution in [1.82, 2.24) is 24.8 Å². The van der Waals surface area contributed by atoms with Gasteiger partial charge in [0.05, 0.1) is 7.11 Å². The molecule has 0 aliphatic rings. The van der Waals surface area contributed by atoms with Gasteiger partial charge in [-0.05, 0) is 42.6 Å². The van der Waals surface area contributed by atoms with Gasteiger partial charge in [-0.3, -0.25) is 0 Å². The number of benzene rings is 1. The maximum atomic E-state index is 6.11. The van der Waals surface area contributed by atoms with E-state index in [1.54, 1.807) is 30.2 Å². The molecule has 3 heterocycles. The highest BCUT2D eigenvalue weighted by Gasteiger charge is 2.18. The van der Waals surface area contributed by atoms with Crippen molar-refractivity contribution in [2.24, 2.45) is 0 Å². The van der Waals surface area contributed by atoms with Gasteiger partial charge < -0.3 is 20.4 Å². The largest absolute Gasteiger partial charge is 0.497 e. The molecule has 0 saturated heterocycles. The van der Waals surface area contributed by atoms with Crippen LogP contribution in [0.4, 0.5) is 5.82 Å². The first-order valence-corrected chi connectivity index (χ1v) is 11.9. The highest BCUT2D eigenvalue weighted by atomic mass is 32.2. The van der Waals surface area contributed by atoms with Crippen molar-refractivity contribution in [3.63, 3.8) is 0 Å². The minimum absolute atomic E-state index is 0.398. The van der Waals surface area contributed by atoms with Gasteiger partial charge in [-0.1, -0.05) is 31.7 Å². The fourth-order valence-corrected chi connectivity index (χ4v) is 5.20. The summed E-state index contributed by atoms with van der Waals surface area (Å²) in [5, 5.41) is 6.40. The Morgan fingerprint density at radius 2 is 2.13 bits per heavy atom. The average Bonchev–Trinajstić information content (AvgIpc) is 3.40. The summed E-state index contributed by atoms with van der Waals surface area (Å²) >= 11 is 3.32. The van der Waals surface area contributed by atoms with E-state index >= 15 is 0 Å². The molecule has 0 aliphatic heterocycles. The van der Waals surface area contributed by atoms with Crippen molar-refractivity contribution in [2.45, 2.75) is 42.9 Å². The lowest BCUT2D eigenvalue weighted by molar-refractivity contribution is 0.414. The number of thiophene rings is 1. The summed E-state index contributed by atoms with van der Waals surface area (Å²) in [6.07, 6.45) is 2.45. The molecular weight excluding hydrogens is 428 g/mol. The van der Waals surface area contributed by atoms with Gasteiger partial charge in [-0.25, -0.2) is 15.0 Å². The number of aromatic nitrogens is 4. The van der Waals surface area contributed by atoms with E-state index in [4.69, 9.17) is 15.5 Å². The summed E-state index contributed by atoms with van der Waals surface area (Å²) in [4.78, 5) is 15.7. The Morgan fingerprint density at radius 3 is 2.87 bits per heavy atom. The van der Waals surface area contributed by atoms with Gasteiger partial charge in [-0.15, -0.1) is 11.3 Å². The Labute approximate surface area is 190 Å². The molecule has 0 radical (unpaired) electrons. The van der Waals surface area contributed by atoms with E-state index in [0.717, 1.165) is 46.5 Å². The van der Waals surface area contributed by atoms with Crippen molar-refractivity contribution in [3.8, 4) is 16.2 Å². The van der Waals surface area contributed by atoms with Gasteiger partial charge in [-0.2, -0.15) is 0 Å². The fraction of sp³-hybridized carbons (Fsp3) is 0.318. The predicted octanol–water partition coefficient (Wildman–Crippen LogP) is 4.68. The van der Waals surface area contributed by atoms with E-state index in [0.29, 0.717) is 17.4 Å². The number of ether oxygens (including phenoxy) is 1. The highest BCUT2D eigenvalue weighted by Crippen LogP contribution is 2.40.